The van der Waals surface area contributed by atoms with E-state index in [-0.39, 0.29) is 11.8 Å². The van der Waals surface area contributed by atoms with Crippen LogP contribution in [0.4, 0.5) is 11.4 Å². The molecule has 2 amide bonds. The third-order valence-electron chi connectivity index (χ3n) is 4.24. The van der Waals surface area contributed by atoms with Crippen molar-refractivity contribution in [1.82, 2.24) is 0 Å². The molecule has 0 aliphatic rings. The molecule has 0 heterocycles. The number of carbonyl (C=O) groups is 2. The van der Waals surface area contributed by atoms with Crippen molar-refractivity contribution in [2.45, 2.75) is 20.0 Å². The third-order valence-corrected chi connectivity index (χ3v) is 4.57. The maximum absolute atomic E-state index is 12.4. The number of carbonyl (C=O) groups excluding carboxylic acids is 2. The number of anilines is 2. The van der Waals surface area contributed by atoms with E-state index >= 15 is 0 Å². The van der Waals surface area contributed by atoms with Crippen molar-refractivity contribution >= 4 is 34.8 Å². The minimum atomic E-state index is -0.695. The Labute approximate surface area is 174 Å². The molecule has 148 valence electrons. The van der Waals surface area contributed by atoms with E-state index in [2.05, 4.69) is 10.6 Å². The number of amides is 2. The summed E-state index contributed by atoms with van der Waals surface area (Å²) in [5.74, 6) is -0.0462. The lowest BCUT2D eigenvalue weighted by Gasteiger charge is -2.15. The summed E-state index contributed by atoms with van der Waals surface area (Å²) >= 11 is 6.06. The molecule has 0 radical (unpaired) electrons. The van der Waals surface area contributed by atoms with Crippen LogP contribution in [0.5, 0.6) is 5.75 Å². The second-order valence-corrected chi connectivity index (χ2v) is 6.98. The van der Waals surface area contributed by atoms with Crippen LogP contribution < -0.4 is 15.4 Å². The SMILES string of the molecule is Cc1ccc(NC(=O)[C@@H](C)Oc2ccc(C(=O)Nc3ccccc3Cl)cc2)cc1. The zero-order chi connectivity index (χ0) is 20.8. The highest BCUT2D eigenvalue weighted by molar-refractivity contribution is 6.33. The Bertz CT molecular complexity index is 1000. The van der Waals surface area contributed by atoms with Crippen LogP contribution in [0.15, 0.2) is 72.8 Å². The van der Waals surface area contributed by atoms with Crippen molar-refractivity contribution in [1.29, 1.82) is 0 Å². The van der Waals surface area contributed by atoms with Gasteiger partial charge in [-0.3, -0.25) is 9.59 Å². The number of aryl methyl sites for hydroxylation is 1. The van der Waals surface area contributed by atoms with E-state index in [1.165, 1.54) is 0 Å². The molecule has 2 N–H and O–H groups in total. The molecule has 0 aromatic heterocycles. The normalized spacial score (nSPS) is 11.4. The van der Waals surface area contributed by atoms with Crippen molar-refractivity contribution in [3.63, 3.8) is 0 Å². The number of ether oxygens (including phenoxy) is 1. The summed E-state index contributed by atoms with van der Waals surface area (Å²) in [6, 6.07) is 21.1. The van der Waals surface area contributed by atoms with E-state index < -0.39 is 6.10 Å². The second kappa shape index (κ2) is 9.26. The maximum atomic E-state index is 12.4. The molecule has 0 spiro atoms. The van der Waals surface area contributed by atoms with Crippen LogP contribution in [0, 0.1) is 6.92 Å². The van der Waals surface area contributed by atoms with Gasteiger partial charge in [-0.25, -0.2) is 0 Å². The average Bonchev–Trinajstić information content (AvgIpc) is 2.72. The van der Waals surface area contributed by atoms with E-state index in [1.807, 2.05) is 31.2 Å². The first-order valence-corrected chi connectivity index (χ1v) is 9.50. The molecule has 0 aliphatic heterocycles. The van der Waals surface area contributed by atoms with Crippen molar-refractivity contribution in [2.75, 3.05) is 10.6 Å². The molecule has 0 fully saturated rings. The van der Waals surface area contributed by atoms with Crippen LogP contribution in [0.3, 0.4) is 0 Å². The minimum absolute atomic E-state index is 0.255. The average molecular weight is 409 g/mol. The lowest BCUT2D eigenvalue weighted by atomic mass is 10.2. The van der Waals surface area contributed by atoms with Crippen molar-refractivity contribution in [3.8, 4) is 5.75 Å². The van der Waals surface area contributed by atoms with E-state index in [0.29, 0.717) is 27.7 Å². The fraction of sp³-hybridized carbons (Fsp3) is 0.130. The summed E-state index contributed by atoms with van der Waals surface area (Å²) in [5.41, 5.74) is 2.82. The molecule has 0 aliphatic carbocycles. The number of hydrogen-bond donors (Lipinski definition) is 2. The van der Waals surface area contributed by atoms with Crippen LogP contribution in [0.2, 0.25) is 5.02 Å². The smallest absolute Gasteiger partial charge is 0.265 e. The summed E-state index contributed by atoms with van der Waals surface area (Å²) < 4.78 is 5.68. The van der Waals surface area contributed by atoms with Gasteiger partial charge in [0.05, 0.1) is 10.7 Å². The molecule has 1 atom stereocenters. The Hall–Kier alpha value is -3.31. The molecule has 6 heteroatoms. The van der Waals surface area contributed by atoms with Crippen LogP contribution in [0.25, 0.3) is 0 Å². The van der Waals surface area contributed by atoms with Crippen molar-refractivity contribution < 1.29 is 14.3 Å². The largest absolute Gasteiger partial charge is 0.481 e. The van der Waals surface area contributed by atoms with E-state index in [4.69, 9.17) is 16.3 Å². The van der Waals surface area contributed by atoms with Gasteiger partial charge in [0.1, 0.15) is 5.75 Å². The molecule has 0 saturated carbocycles. The second-order valence-electron chi connectivity index (χ2n) is 6.57. The van der Waals surface area contributed by atoms with Crippen LogP contribution in [-0.4, -0.2) is 17.9 Å². The Morgan fingerprint density at radius 1 is 0.897 bits per heavy atom. The Kier molecular flexibility index (Phi) is 6.52. The molecular formula is C23H21ClN2O3. The van der Waals surface area contributed by atoms with Gasteiger partial charge in [0, 0.05) is 11.3 Å². The van der Waals surface area contributed by atoms with Gasteiger partial charge in [0.15, 0.2) is 6.10 Å². The monoisotopic (exact) mass is 408 g/mol. The van der Waals surface area contributed by atoms with E-state index in [9.17, 15) is 9.59 Å². The first kappa shape index (κ1) is 20.4. The number of halogens is 1. The lowest BCUT2D eigenvalue weighted by Crippen LogP contribution is -2.30. The highest BCUT2D eigenvalue weighted by Gasteiger charge is 2.15. The third kappa shape index (κ3) is 5.59. The van der Waals surface area contributed by atoms with Crippen molar-refractivity contribution in [2.24, 2.45) is 0 Å². The predicted molar refractivity (Wildman–Crippen MR) is 116 cm³/mol. The van der Waals surface area contributed by atoms with Gasteiger partial charge in [-0.2, -0.15) is 0 Å². The molecule has 3 rings (SSSR count). The zero-order valence-electron chi connectivity index (χ0n) is 16.1. The molecule has 0 bridgehead atoms. The number of benzene rings is 3. The van der Waals surface area contributed by atoms with Crippen LogP contribution >= 0.6 is 11.6 Å². The summed E-state index contributed by atoms with van der Waals surface area (Å²) in [6.07, 6.45) is -0.695. The number of nitrogens with one attached hydrogen (secondary N) is 2. The first-order chi connectivity index (χ1) is 13.9. The quantitative estimate of drug-likeness (QED) is 0.581. The van der Waals surface area contributed by atoms with Gasteiger partial charge in [-0.05, 0) is 62.4 Å². The van der Waals surface area contributed by atoms with Gasteiger partial charge in [-0.1, -0.05) is 41.4 Å². The van der Waals surface area contributed by atoms with Gasteiger partial charge < -0.3 is 15.4 Å². The number of rotatable bonds is 6. The van der Waals surface area contributed by atoms with E-state index in [1.54, 1.807) is 55.5 Å². The number of para-hydroxylation sites is 1. The fourth-order valence-electron chi connectivity index (χ4n) is 2.58. The Morgan fingerprint density at radius 3 is 2.21 bits per heavy atom. The number of hydrogen-bond acceptors (Lipinski definition) is 3. The Morgan fingerprint density at radius 2 is 1.55 bits per heavy atom. The molecule has 5 nitrogen and oxygen atoms in total. The minimum Gasteiger partial charge on any atom is -0.481 e. The highest BCUT2D eigenvalue weighted by Crippen LogP contribution is 2.22. The summed E-state index contributed by atoms with van der Waals surface area (Å²) in [6.45, 7) is 3.65. The molecule has 0 unspecified atom stereocenters. The first-order valence-electron chi connectivity index (χ1n) is 9.12. The Balaban J connectivity index is 1.58. The molecule has 29 heavy (non-hydrogen) atoms. The summed E-state index contributed by atoms with van der Waals surface area (Å²) in [4.78, 5) is 24.7. The van der Waals surface area contributed by atoms with Crippen molar-refractivity contribution in [3.05, 3.63) is 88.9 Å². The zero-order valence-corrected chi connectivity index (χ0v) is 16.9. The fourth-order valence-corrected chi connectivity index (χ4v) is 2.76. The standard InChI is InChI=1S/C23H21ClN2O3/c1-15-7-11-18(12-8-15)25-22(27)16(2)29-19-13-9-17(10-14-19)23(28)26-21-6-4-3-5-20(21)24/h3-14,16H,1-2H3,(H,25,27)(H,26,28)/t16-/m1/s1. The van der Waals surface area contributed by atoms with Gasteiger partial charge in [-0.15, -0.1) is 0 Å². The molecular weight excluding hydrogens is 388 g/mol. The predicted octanol–water partition coefficient (Wildman–Crippen LogP) is 5.31. The molecule has 3 aromatic carbocycles. The van der Waals surface area contributed by atoms with E-state index in [0.717, 1.165) is 5.56 Å². The van der Waals surface area contributed by atoms with Crippen LogP contribution in [0.1, 0.15) is 22.8 Å². The summed E-state index contributed by atoms with van der Waals surface area (Å²) in [7, 11) is 0. The lowest BCUT2D eigenvalue weighted by molar-refractivity contribution is -0.122. The molecule has 3 aromatic rings. The van der Waals surface area contributed by atoms with Gasteiger partial charge >= 0.3 is 0 Å². The summed E-state index contributed by atoms with van der Waals surface area (Å²) in [5, 5.41) is 6.04. The molecule has 0 saturated heterocycles. The maximum Gasteiger partial charge on any atom is 0.265 e. The van der Waals surface area contributed by atoms with Gasteiger partial charge in [0.2, 0.25) is 0 Å². The topological polar surface area (TPSA) is 67.4 Å². The van der Waals surface area contributed by atoms with Gasteiger partial charge in [0.25, 0.3) is 11.8 Å². The van der Waals surface area contributed by atoms with Crippen LogP contribution in [-0.2, 0) is 4.79 Å². The highest BCUT2D eigenvalue weighted by atomic mass is 35.5.